The average molecular weight is 320 g/mol. The molecule has 1 unspecified atom stereocenters. The van der Waals surface area contributed by atoms with Crippen molar-refractivity contribution >= 4 is 18.3 Å². The van der Waals surface area contributed by atoms with Crippen LogP contribution in [0.1, 0.15) is 11.1 Å². The van der Waals surface area contributed by atoms with Gasteiger partial charge in [0.25, 0.3) is 0 Å². The zero-order chi connectivity index (χ0) is 13.7. The Bertz CT molecular complexity index is 552. The molecule has 19 heavy (non-hydrogen) atoms. The van der Waals surface area contributed by atoms with E-state index in [1.54, 1.807) is 0 Å². The molecule has 100 valence electrons. The Balaban J connectivity index is 2.19. The molecule has 0 aliphatic carbocycles. The molecule has 0 aliphatic rings. The SMILES string of the molecule is CN(C)Cc1ccccc1[Se](=O)Cc1ccccc1. The van der Waals surface area contributed by atoms with Crippen LogP contribution < -0.4 is 4.46 Å². The Kier molecular flexibility index (Phi) is 5.03. The van der Waals surface area contributed by atoms with Gasteiger partial charge in [-0.25, -0.2) is 0 Å². The van der Waals surface area contributed by atoms with Crippen LogP contribution in [0.4, 0.5) is 0 Å². The standard InChI is InChI=1S/C16H19NOSe/c1-17(2)12-15-10-6-7-11-16(15)19(18)13-14-8-4-3-5-9-14/h3-11H,12-13H2,1-2H3. The van der Waals surface area contributed by atoms with E-state index < -0.39 is 13.8 Å². The summed E-state index contributed by atoms with van der Waals surface area (Å²) in [5, 5.41) is 0.672. The van der Waals surface area contributed by atoms with E-state index in [1.807, 2.05) is 62.6 Å². The number of benzene rings is 2. The molecule has 0 radical (unpaired) electrons. The normalized spacial score (nSPS) is 12.6. The molecule has 2 rings (SSSR count). The van der Waals surface area contributed by atoms with Gasteiger partial charge in [0.1, 0.15) is 0 Å². The van der Waals surface area contributed by atoms with Gasteiger partial charge >= 0.3 is 119 Å². The molecule has 0 saturated carbocycles. The molecule has 3 heteroatoms. The molecular weight excluding hydrogens is 301 g/mol. The number of hydrogen-bond donors (Lipinski definition) is 0. The van der Waals surface area contributed by atoms with Crippen LogP contribution in [0.25, 0.3) is 0 Å². The van der Waals surface area contributed by atoms with Gasteiger partial charge in [-0.05, 0) is 0 Å². The first-order chi connectivity index (χ1) is 9.16. The first-order valence-electron chi connectivity index (χ1n) is 6.32. The molecule has 2 aromatic carbocycles. The predicted molar refractivity (Wildman–Crippen MR) is 80.1 cm³/mol. The fourth-order valence-corrected chi connectivity index (χ4v) is 4.74. The maximum atomic E-state index is 12.6. The van der Waals surface area contributed by atoms with Crippen LogP contribution >= 0.6 is 0 Å². The summed E-state index contributed by atoms with van der Waals surface area (Å²) in [4.78, 5) is 2.11. The molecule has 2 nitrogen and oxygen atoms in total. The molecule has 2 aromatic rings. The molecular formula is C16H19NOSe. The minimum atomic E-state index is -2.02. The summed E-state index contributed by atoms with van der Waals surface area (Å²) in [5.74, 6) is 0. The topological polar surface area (TPSA) is 20.3 Å². The summed E-state index contributed by atoms with van der Waals surface area (Å²) >= 11 is -2.02. The Labute approximate surface area is 119 Å². The van der Waals surface area contributed by atoms with Crippen LogP contribution in [0.2, 0.25) is 0 Å². The van der Waals surface area contributed by atoms with Crippen molar-refractivity contribution in [2.75, 3.05) is 14.1 Å². The first kappa shape index (κ1) is 14.1. The quantitative estimate of drug-likeness (QED) is 0.787. The van der Waals surface area contributed by atoms with Crippen LogP contribution in [0.5, 0.6) is 0 Å². The van der Waals surface area contributed by atoms with E-state index in [9.17, 15) is 3.83 Å². The van der Waals surface area contributed by atoms with Crippen LogP contribution in [0.15, 0.2) is 54.6 Å². The van der Waals surface area contributed by atoms with Crippen LogP contribution in [0.3, 0.4) is 0 Å². The molecule has 0 spiro atoms. The van der Waals surface area contributed by atoms with Crippen molar-refractivity contribution < 1.29 is 3.83 Å². The van der Waals surface area contributed by atoms with Gasteiger partial charge in [0.2, 0.25) is 0 Å². The molecule has 0 fully saturated rings. The Hall–Kier alpha value is -1.28. The van der Waals surface area contributed by atoms with E-state index in [4.69, 9.17) is 0 Å². The molecule has 0 N–H and O–H groups in total. The zero-order valence-corrected chi connectivity index (χ0v) is 13.1. The van der Waals surface area contributed by atoms with E-state index in [0.29, 0.717) is 5.32 Å². The summed E-state index contributed by atoms with van der Waals surface area (Å²) in [6.45, 7) is 0.840. The third-order valence-corrected chi connectivity index (χ3v) is 5.96. The van der Waals surface area contributed by atoms with E-state index in [1.165, 1.54) is 5.56 Å². The molecule has 0 amide bonds. The van der Waals surface area contributed by atoms with Crippen LogP contribution in [0, 0.1) is 0 Å². The van der Waals surface area contributed by atoms with E-state index >= 15 is 0 Å². The van der Waals surface area contributed by atoms with Gasteiger partial charge in [-0.15, -0.1) is 0 Å². The van der Waals surface area contributed by atoms with E-state index in [0.717, 1.165) is 16.6 Å². The van der Waals surface area contributed by atoms with Crippen LogP contribution in [-0.2, 0) is 15.7 Å². The van der Waals surface area contributed by atoms with Gasteiger partial charge in [0.05, 0.1) is 0 Å². The van der Waals surface area contributed by atoms with Crippen molar-refractivity contribution in [2.24, 2.45) is 0 Å². The fraction of sp³-hybridized carbons (Fsp3) is 0.250. The van der Waals surface area contributed by atoms with Gasteiger partial charge in [-0.1, -0.05) is 0 Å². The second-order valence-corrected chi connectivity index (χ2v) is 7.80. The van der Waals surface area contributed by atoms with Gasteiger partial charge in [0.15, 0.2) is 0 Å². The van der Waals surface area contributed by atoms with Crippen LogP contribution in [-0.4, -0.2) is 32.8 Å². The van der Waals surface area contributed by atoms with Gasteiger partial charge < -0.3 is 0 Å². The maximum absolute atomic E-state index is 12.6. The molecule has 1 atom stereocenters. The second kappa shape index (κ2) is 6.76. The molecule has 0 aliphatic heterocycles. The van der Waals surface area contributed by atoms with Gasteiger partial charge in [0, 0.05) is 0 Å². The molecule has 0 bridgehead atoms. The first-order valence-corrected chi connectivity index (χ1v) is 9.08. The second-order valence-electron chi connectivity index (χ2n) is 4.82. The Morgan fingerprint density at radius 2 is 1.58 bits per heavy atom. The summed E-state index contributed by atoms with van der Waals surface area (Å²) in [5.41, 5.74) is 2.34. The zero-order valence-electron chi connectivity index (χ0n) is 11.4. The monoisotopic (exact) mass is 321 g/mol. The van der Waals surface area contributed by atoms with Crippen molar-refractivity contribution in [3.8, 4) is 0 Å². The summed E-state index contributed by atoms with van der Waals surface area (Å²) in [7, 11) is 4.07. The Morgan fingerprint density at radius 3 is 2.26 bits per heavy atom. The van der Waals surface area contributed by atoms with E-state index in [2.05, 4.69) is 11.0 Å². The number of hydrogen-bond acceptors (Lipinski definition) is 2. The average Bonchev–Trinajstić information content (AvgIpc) is 2.39. The summed E-state index contributed by atoms with van der Waals surface area (Å²) in [6.07, 6.45) is 0. The van der Waals surface area contributed by atoms with Crippen molar-refractivity contribution in [1.82, 2.24) is 4.90 Å². The van der Waals surface area contributed by atoms with Crippen molar-refractivity contribution in [3.05, 3.63) is 65.7 Å². The van der Waals surface area contributed by atoms with Crippen molar-refractivity contribution in [2.45, 2.75) is 11.9 Å². The Morgan fingerprint density at radius 1 is 0.947 bits per heavy atom. The molecule has 0 aromatic heterocycles. The minimum absolute atomic E-state index is 0.672. The van der Waals surface area contributed by atoms with E-state index in [-0.39, 0.29) is 0 Å². The van der Waals surface area contributed by atoms with Crippen molar-refractivity contribution in [1.29, 1.82) is 0 Å². The molecule has 0 heterocycles. The summed E-state index contributed by atoms with van der Waals surface area (Å²) < 4.78 is 13.6. The van der Waals surface area contributed by atoms with Crippen molar-refractivity contribution in [3.63, 3.8) is 0 Å². The van der Waals surface area contributed by atoms with Gasteiger partial charge in [-0.3, -0.25) is 0 Å². The number of nitrogens with zero attached hydrogens (tertiary/aromatic N) is 1. The third-order valence-electron chi connectivity index (χ3n) is 2.85. The van der Waals surface area contributed by atoms with Gasteiger partial charge in [-0.2, -0.15) is 0 Å². The number of rotatable bonds is 5. The fourth-order valence-electron chi connectivity index (χ4n) is 2.00. The summed E-state index contributed by atoms with van der Waals surface area (Å²) in [6, 6.07) is 18.2. The third kappa shape index (κ3) is 4.10. The predicted octanol–water partition coefficient (Wildman–Crippen LogP) is 2.16. The molecule has 0 saturated heterocycles.